The van der Waals surface area contributed by atoms with Crippen molar-refractivity contribution in [1.82, 2.24) is 14.8 Å². The molecule has 4 heterocycles. The highest BCUT2D eigenvalue weighted by Crippen LogP contribution is 2.21. The highest BCUT2D eigenvalue weighted by molar-refractivity contribution is 6.02. The molecule has 6 nitrogen and oxygen atoms in total. The molecule has 0 fully saturated rings. The Balaban J connectivity index is 1.53. The molecular formula is C16H19N5O. The highest BCUT2D eigenvalue weighted by Gasteiger charge is 2.17. The Kier molecular flexibility index (Phi) is 3.29. The van der Waals surface area contributed by atoms with Crippen LogP contribution in [0.3, 0.4) is 0 Å². The summed E-state index contributed by atoms with van der Waals surface area (Å²) in [5, 5.41) is 10.6. The molecule has 2 N–H and O–H groups in total. The number of carbonyl (C=O) groups excluding carboxylic acids is 1. The van der Waals surface area contributed by atoms with Crippen molar-refractivity contribution in [3.05, 3.63) is 35.3 Å². The predicted octanol–water partition coefficient (Wildman–Crippen LogP) is 2.22. The van der Waals surface area contributed by atoms with E-state index >= 15 is 0 Å². The van der Waals surface area contributed by atoms with Crippen molar-refractivity contribution in [3.63, 3.8) is 0 Å². The van der Waals surface area contributed by atoms with Crippen molar-refractivity contribution in [2.75, 3.05) is 17.2 Å². The number of nitrogens with one attached hydrogen (secondary N) is 2. The van der Waals surface area contributed by atoms with Crippen LogP contribution in [0.5, 0.6) is 0 Å². The lowest BCUT2D eigenvalue weighted by atomic mass is 10.1. The minimum absolute atomic E-state index is 0.191. The van der Waals surface area contributed by atoms with Gasteiger partial charge in [-0.15, -0.1) is 0 Å². The first-order valence-corrected chi connectivity index (χ1v) is 7.91. The Morgan fingerprint density at radius 3 is 3.09 bits per heavy atom. The number of rotatable bonds is 2. The molecule has 0 saturated carbocycles. The molecule has 0 spiro atoms. The number of fused-ring (bicyclic) bond motifs is 2. The van der Waals surface area contributed by atoms with Crippen LogP contribution in [0.15, 0.2) is 18.2 Å². The maximum Gasteiger partial charge on any atom is 0.275 e. The van der Waals surface area contributed by atoms with E-state index in [1.807, 2.05) is 16.8 Å². The third-order valence-corrected chi connectivity index (χ3v) is 4.27. The number of anilines is 2. The topological polar surface area (TPSA) is 71.8 Å². The first-order valence-electron chi connectivity index (χ1n) is 7.91. The van der Waals surface area contributed by atoms with Crippen molar-refractivity contribution < 1.29 is 4.79 Å². The van der Waals surface area contributed by atoms with E-state index in [0.29, 0.717) is 11.5 Å². The maximum absolute atomic E-state index is 12.4. The third-order valence-electron chi connectivity index (χ3n) is 4.27. The van der Waals surface area contributed by atoms with Crippen LogP contribution in [0, 0.1) is 0 Å². The first kappa shape index (κ1) is 13.3. The number of amides is 1. The summed E-state index contributed by atoms with van der Waals surface area (Å²) >= 11 is 0. The zero-order valence-corrected chi connectivity index (χ0v) is 12.4. The van der Waals surface area contributed by atoms with E-state index in [9.17, 15) is 4.79 Å². The Bertz CT molecular complexity index is 698. The van der Waals surface area contributed by atoms with Crippen molar-refractivity contribution >= 4 is 17.4 Å². The number of aryl methyl sites for hydroxylation is 3. The number of carbonyl (C=O) groups is 1. The van der Waals surface area contributed by atoms with Gasteiger partial charge < -0.3 is 10.6 Å². The van der Waals surface area contributed by atoms with E-state index in [1.54, 1.807) is 6.07 Å². The molecule has 114 valence electrons. The van der Waals surface area contributed by atoms with Gasteiger partial charge in [-0.2, -0.15) is 5.10 Å². The Morgan fingerprint density at radius 1 is 1.23 bits per heavy atom. The maximum atomic E-state index is 12.4. The van der Waals surface area contributed by atoms with E-state index in [1.165, 1.54) is 12.1 Å². The first-order chi connectivity index (χ1) is 10.8. The van der Waals surface area contributed by atoms with E-state index in [0.717, 1.165) is 50.2 Å². The van der Waals surface area contributed by atoms with E-state index in [2.05, 4.69) is 20.7 Å². The fourth-order valence-corrected chi connectivity index (χ4v) is 3.12. The van der Waals surface area contributed by atoms with E-state index in [4.69, 9.17) is 0 Å². The van der Waals surface area contributed by atoms with Crippen molar-refractivity contribution in [2.24, 2.45) is 0 Å². The second-order valence-corrected chi connectivity index (χ2v) is 5.88. The zero-order valence-electron chi connectivity index (χ0n) is 12.4. The van der Waals surface area contributed by atoms with Crippen LogP contribution in [-0.2, 0) is 19.4 Å². The Hall–Kier alpha value is -2.37. The van der Waals surface area contributed by atoms with Crippen LogP contribution in [0.2, 0.25) is 0 Å². The zero-order chi connectivity index (χ0) is 14.9. The minimum Gasteiger partial charge on any atom is -0.384 e. The fraction of sp³-hybridized carbons (Fsp3) is 0.438. The summed E-state index contributed by atoms with van der Waals surface area (Å²) in [5.41, 5.74) is 3.67. The molecule has 0 aromatic carbocycles. The molecule has 2 aromatic heterocycles. The summed E-state index contributed by atoms with van der Waals surface area (Å²) in [7, 11) is 0. The van der Waals surface area contributed by atoms with Gasteiger partial charge in [0.25, 0.3) is 5.91 Å². The monoisotopic (exact) mass is 297 g/mol. The van der Waals surface area contributed by atoms with Gasteiger partial charge in [0.1, 0.15) is 5.69 Å². The molecule has 2 aliphatic heterocycles. The van der Waals surface area contributed by atoms with Crippen LogP contribution < -0.4 is 10.6 Å². The van der Waals surface area contributed by atoms with Gasteiger partial charge in [-0.1, -0.05) is 0 Å². The van der Waals surface area contributed by atoms with Gasteiger partial charge in [0.2, 0.25) is 0 Å². The van der Waals surface area contributed by atoms with Crippen LogP contribution in [-0.4, -0.2) is 27.2 Å². The second-order valence-electron chi connectivity index (χ2n) is 5.88. The molecule has 1 amide bonds. The van der Waals surface area contributed by atoms with Gasteiger partial charge >= 0.3 is 0 Å². The summed E-state index contributed by atoms with van der Waals surface area (Å²) < 4.78 is 1.99. The summed E-state index contributed by atoms with van der Waals surface area (Å²) in [5.74, 6) is 0.434. The van der Waals surface area contributed by atoms with Crippen LogP contribution in [0.25, 0.3) is 0 Å². The lowest BCUT2D eigenvalue weighted by molar-refractivity contribution is 0.102. The molecule has 0 aliphatic carbocycles. The van der Waals surface area contributed by atoms with Crippen molar-refractivity contribution in [1.29, 1.82) is 0 Å². The standard InChI is InChI=1S/C16H19N5O/c22-16(14-7-6-12-13(18-14)5-3-8-17-12)19-15-10-11-4-1-2-9-21(11)20-15/h6-7,10,17H,1-5,8-9H2,(H,19,20,22). The molecule has 0 atom stereocenters. The number of nitrogens with zero attached hydrogens (tertiary/aromatic N) is 3. The van der Waals surface area contributed by atoms with E-state index in [-0.39, 0.29) is 5.91 Å². The van der Waals surface area contributed by atoms with Gasteiger partial charge in [0, 0.05) is 24.8 Å². The molecule has 0 saturated heterocycles. The third kappa shape index (κ3) is 2.45. The van der Waals surface area contributed by atoms with Crippen molar-refractivity contribution in [3.8, 4) is 0 Å². The molecule has 2 aromatic rings. The molecule has 0 bridgehead atoms. The van der Waals surface area contributed by atoms with Gasteiger partial charge in [-0.05, 0) is 44.2 Å². The summed E-state index contributed by atoms with van der Waals surface area (Å²) in [6.45, 7) is 1.91. The molecule has 0 radical (unpaired) electrons. The predicted molar refractivity (Wildman–Crippen MR) is 84.2 cm³/mol. The average Bonchev–Trinajstić information content (AvgIpc) is 2.96. The molecule has 2 aliphatic rings. The SMILES string of the molecule is O=C(Nc1cc2n(n1)CCCC2)c1ccc2c(n1)CCCN2. The van der Waals surface area contributed by atoms with E-state index < -0.39 is 0 Å². The van der Waals surface area contributed by atoms with Crippen LogP contribution >= 0.6 is 0 Å². The molecule has 0 unspecified atom stereocenters. The summed E-state index contributed by atoms with van der Waals surface area (Å²) in [4.78, 5) is 16.9. The highest BCUT2D eigenvalue weighted by atomic mass is 16.2. The molecule has 22 heavy (non-hydrogen) atoms. The Morgan fingerprint density at radius 2 is 2.18 bits per heavy atom. The quantitative estimate of drug-likeness (QED) is 0.891. The summed E-state index contributed by atoms with van der Waals surface area (Å²) in [6, 6.07) is 5.67. The number of hydrogen-bond acceptors (Lipinski definition) is 4. The summed E-state index contributed by atoms with van der Waals surface area (Å²) in [6.07, 6.45) is 5.35. The lowest BCUT2D eigenvalue weighted by Crippen LogP contribution is -2.18. The fourth-order valence-electron chi connectivity index (χ4n) is 3.12. The molecule has 6 heteroatoms. The molecular weight excluding hydrogens is 278 g/mol. The van der Waals surface area contributed by atoms with Gasteiger partial charge in [-0.25, -0.2) is 4.98 Å². The smallest absolute Gasteiger partial charge is 0.275 e. The van der Waals surface area contributed by atoms with Gasteiger partial charge in [-0.3, -0.25) is 9.48 Å². The normalized spacial score (nSPS) is 16.4. The second kappa shape index (κ2) is 5.44. The van der Waals surface area contributed by atoms with Gasteiger partial charge in [0.05, 0.1) is 11.4 Å². The average molecular weight is 297 g/mol. The number of pyridine rings is 1. The van der Waals surface area contributed by atoms with Crippen molar-refractivity contribution in [2.45, 2.75) is 38.6 Å². The number of aromatic nitrogens is 3. The molecule has 4 rings (SSSR count). The lowest BCUT2D eigenvalue weighted by Gasteiger charge is -2.17. The largest absolute Gasteiger partial charge is 0.384 e. The van der Waals surface area contributed by atoms with Crippen LogP contribution in [0.1, 0.15) is 41.1 Å². The van der Waals surface area contributed by atoms with Gasteiger partial charge in [0.15, 0.2) is 5.82 Å². The number of hydrogen-bond donors (Lipinski definition) is 2. The van der Waals surface area contributed by atoms with Crippen LogP contribution in [0.4, 0.5) is 11.5 Å². The Labute approximate surface area is 128 Å². The minimum atomic E-state index is -0.191.